The molecule has 2 aliphatic carbocycles. The molecule has 1 heterocycles. The zero-order valence-electron chi connectivity index (χ0n) is 28.8. The molecule has 0 amide bonds. The van der Waals surface area contributed by atoms with E-state index in [1.807, 2.05) is 57.3 Å². The molecule has 244 valence electrons. The van der Waals surface area contributed by atoms with E-state index in [-0.39, 0.29) is 29.1 Å². The van der Waals surface area contributed by atoms with Crippen LogP contribution in [0.15, 0.2) is 42.6 Å². The van der Waals surface area contributed by atoms with Gasteiger partial charge in [-0.2, -0.15) is 0 Å². The van der Waals surface area contributed by atoms with Gasteiger partial charge in [-0.3, -0.25) is 4.57 Å². The van der Waals surface area contributed by atoms with Crippen molar-refractivity contribution in [3.63, 3.8) is 0 Å². The average molecular weight is 634 g/mol. The SMILES string of the molecule is COC(=O)c1ccc([C@@H]2C[C@@H](O[Si](C)(C)C(C)(C)C)CC[C@H]2Oc2c(C3CC3)cc(C)c3c2ccn3C(=O)OC(C)(C)C)cc1. The van der Waals surface area contributed by atoms with Gasteiger partial charge in [0.15, 0.2) is 8.32 Å². The first kappa shape index (κ1) is 33.3. The van der Waals surface area contributed by atoms with E-state index in [4.69, 9.17) is 18.6 Å². The number of esters is 1. The van der Waals surface area contributed by atoms with Crippen LogP contribution in [0.1, 0.15) is 113 Å². The monoisotopic (exact) mass is 633 g/mol. The van der Waals surface area contributed by atoms with Crippen LogP contribution in [0, 0.1) is 6.92 Å². The number of methoxy groups -OCH3 is 1. The van der Waals surface area contributed by atoms with Crippen LogP contribution in [-0.4, -0.2) is 49.9 Å². The van der Waals surface area contributed by atoms with E-state index < -0.39 is 20.0 Å². The fourth-order valence-electron chi connectivity index (χ4n) is 6.27. The Bertz CT molecular complexity index is 1550. The highest BCUT2D eigenvalue weighted by Crippen LogP contribution is 2.50. The maximum atomic E-state index is 13.2. The zero-order chi connectivity index (χ0) is 32.9. The molecule has 2 fully saturated rings. The molecule has 0 aliphatic heterocycles. The van der Waals surface area contributed by atoms with Gasteiger partial charge in [0.2, 0.25) is 0 Å². The Morgan fingerprint density at radius 2 is 1.60 bits per heavy atom. The van der Waals surface area contributed by atoms with E-state index in [2.05, 4.69) is 46.9 Å². The topological polar surface area (TPSA) is 76.0 Å². The lowest BCUT2D eigenvalue weighted by atomic mass is 9.80. The largest absolute Gasteiger partial charge is 0.489 e. The van der Waals surface area contributed by atoms with Crippen LogP contribution in [0.25, 0.3) is 10.9 Å². The molecule has 3 aromatic rings. The van der Waals surface area contributed by atoms with Crippen LogP contribution in [0.5, 0.6) is 5.75 Å². The lowest BCUT2D eigenvalue weighted by molar-refractivity contribution is 0.0540. The Kier molecular flexibility index (Phi) is 9.06. The Balaban J connectivity index is 1.53. The van der Waals surface area contributed by atoms with Gasteiger partial charge < -0.3 is 18.6 Å². The van der Waals surface area contributed by atoms with Gasteiger partial charge in [-0.05, 0) is 125 Å². The summed E-state index contributed by atoms with van der Waals surface area (Å²) in [4.78, 5) is 25.4. The van der Waals surface area contributed by atoms with Crippen molar-refractivity contribution in [2.24, 2.45) is 0 Å². The highest BCUT2D eigenvalue weighted by Gasteiger charge is 2.43. The molecule has 3 atom stereocenters. The Morgan fingerprint density at radius 3 is 2.18 bits per heavy atom. The van der Waals surface area contributed by atoms with Gasteiger partial charge in [0.1, 0.15) is 17.5 Å². The predicted octanol–water partition coefficient (Wildman–Crippen LogP) is 9.50. The lowest BCUT2D eigenvalue weighted by Crippen LogP contribution is -2.46. The molecule has 2 aromatic carbocycles. The van der Waals surface area contributed by atoms with Crippen LogP contribution in [-0.2, 0) is 13.9 Å². The number of carbonyl (C=O) groups is 2. The van der Waals surface area contributed by atoms with Crippen LogP contribution >= 0.6 is 0 Å². The summed E-state index contributed by atoms with van der Waals surface area (Å²) >= 11 is 0. The number of hydrogen-bond donors (Lipinski definition) is 0. The fourth-order valence-corrected chi connectivity index (χ4v) is 7.67. The van der Waals surface area contributed by atoms with Crippen LogP contribution in [0.2, 0.25) is 18.1 Å². The minimum atomic E-state index is -1.98. The van der Waals surface area contributed by atoms with Gasteiger partial charge >= 0.3 is 12.1 Å². The summed E-state index contributed by atoms with van der Waals surface area (Å²) in [6.07, 6.45) is 6.32. The molecule has 0 saturated heterocycles. The maximum Gasteiger partial charge on any atom is 0.419 e. The minimum absolute atomic E-state index is 0.0663. The predicted molar refractivity (Wildman–Crippen MR) is 181 cm³/mol. The average Bonchev–Trinajstić information content (AvgIpc) is 3.70. The van der Waals surface area contributed by atoms with Crippen LogP contribution < -0.4 is 4.74 Å². The molecule has 8 heteroatoms. The van der Waals surface area contributed by atoms with Gasteiger partial charge in [0, 0.05) is 23.6 Å². The number of aromatic nitrogens is 1. The third-order valence-electron chi connectivity index (χ3n) is 9.78. The molecule has 0 bridgehead atoms. The van der Waals surface area contributed by atoms with E-state index in [9.17, 15) is 9.59 Å². The molecule has 0 unspecified atom stereocenters. The van der Waals surface area contributed by atoms with E-state index in [0.29, 0.717) is 11.5 Å². The number of aryl methyl sites for hydroxylation is 1. The molecule has 5 rings (SSSR count). The van der Waals surface area contributed by atoms with Crippen molar-refractivity contribution >= 4 is 31.3 Å². The van der Waals surface area contributed by atoms with Gasteiger partial charge in [-0.1, -0.05) is 32.9 Å². The van der Waals surface area contributed by atoms with E-state index in [1.165, 1.54) is 12.7 Å². The standard InChI is InChI=1S/C37H51NO6Si/c1-23-21-30(25-11-12-25)33(28-19-20-38(32(23)28)35(40)43-36(2,3)4)42-31-18-17-27(44-45(9,10)37(5,6)7)22-29(31)24-13-15-26(16-14-24)34(39)41-8/h13-16,19-21,25,27,29,31H,11-12,17-18,22H2,1-10H3/t27-,29-,31+/m0/s1. The number of fused-ring (bicyclic) bond motifs is 1. The highest BCUT2D eigenvalue weighted by molar-refractivity contribution is 6.74. The summed E-state index contributed by atoms with van der Waals surface area (Å²) in [5.74, 6) is 1.06. The van der Waals surface area contributed by atoms with E-state index >= 15 is 0 Å². The summed E-state index contributed by atoms with van der Waals surface area (Å²) in [7, 11) is -0.577. The Morgan fingerprint density at radius 1 is 0.933 bits per heavy atom. The van der Waals surface area contributed by atoms with Crippen molar-refractivity contribution in [2.45, 2.75) is 128 Å². The van der Waals surface area contributed by atoms with Crippen molar-refractivity contribution in [2.75, 3.05) is 7.11 Å². The number of rotatable bonds is 7. The zero-order valence-corrected chi connectivity index (χ0v) is 29.8. The third kappa shape index (κ3) is 7.17. The van der Waals surface area contributed by atoms with Crippen LogP contribution in [0.4, 0.5) is 4.79 Å². The van der Waals surface area contributed by atoms with E-state index in [0.717, 1.165) is 59.9 Å². The minimum Gasteiger partial charge on any atom is -0.489 e. The first-order valence-corrected chi connectivity index (χ1v) is 19.3. The molecule has 2 saturated carbocycles. The first-order valence-electron chi connectivity index (χ1n) is 16.4. The van der Waals surface area contributed by atoms with Crippen LogP contribution in [0.3, 0.4) is 0 Å². The smallest absolute Gasteiger partial charge is 0.419 e. The molecule has 0 radical (unpaired) electrons. The lowest BCUT2D eigenvalue weighted by Gasteiger charge is -2.43. The molecule has 45 heavy (non-hydrogen) atoms. The molecular formula is C37H51NO6Si. The summed E-state index contributed by atoms with van der Waals surface area (Å²) < 4.78 is 26.4. The number of ether oxygens (including phenoxy) is 3. The van der Waals surface area contributed by atoms with Crippen molar-refractivity contribution < 1.29 is 28.2 Å². The second kappa shape index (κ2) is 12.3. The Hall–Kier alpha value is -3.10. The second-order valence-electron chi connectivity index (χ2n) is 15.5. The van der Waals surface area contributed by atoms with Crippen molar-refractivity contribution in [1.82, 2.24) is 4.57 Å². The van der Waals surface area contributed by atoms with Crippen molar-refractivity contribution in [1.29, 1.82) is 0 Å². The highest BCUT2D eigenvalue weighted by atomic mass is 28.4. The quantitative estimate of drug-likeness (QED) is 0.191. The van der Waals surface area contributed by atoms with E-state index in [1.54, 1.807) is 4.57 Å². The summed E-state index contributed by atoms with van der Waals surface area (Å²) in [5.41, 5.74) is 4.15. The van der Waals surface area contributed by atoms with Gasteiger partial charge in [0.25, 0.3) is 0 Å². The molecule has 2 aliphatic rings. The molecule has 0 N–H and O–H groups in total. The molecule has 1 aromatic heterocycles. The van der Waals surface area contributed by atoms with Gasteiger partial charge in [-0.25, -0.2) is 9.59 Å². The number of hydrogen-bond acceptors (Lipinski definition) is 6. The molecule has 0 spiro atoms. The number of nitrogens with zero attached hydrogens (tertiary/aromatic N) is 1. The fraction of sp³-hybridized carbons (Fsp3) is 0.568. The first-order chi connectivity index (χ1) is 21.0. The maximum absolute atomic E-state index is 13.2. The van der Waals surface area contributed by atoms with Crippen molar-refractivity contribution in [3.8, 4) is 5.75 Å². The molecule has 7 nitrogen and oxygen atoms in total. The normalized spacial score (nSPS) is 21.1. The van der Waals surface area contributed by atoms with Crippen molar-refractivity contribution in [3.05, 3.63) is 64.8 Å². The third-order valence-corrected chi connectivity index (χ3v) is 14.3. The number of benzene rings is 2. The summed E-state index contributed by atoms with van der Waals surface area (Å²) in [6.45, 7) is 19.2. The number of carbonyl (C=O) groups excluding carboxylic acids is 2. The second-order valence-corrected chi connectivity index (χ2v) is 20.3. The summed E-state index contributed by atoms with van der Waals surface area (Å²) in [6, 6.07) is 12.0. The molecular weight excluding hydrogens is 582 g/mol. The van der Waals surface area contributed by atoms with Gasteiger partial charge in [0.05, 0.1) is 18.2 Å². The Labute approximate surface area is 269 Å². The summed E-state index contributed by atoms with van der Waals surface area (Å²) in [5, 5.41) is 1.06. The van der Waals surface area contributed by atoms with Gasteiger partial charge in [-0.15, -0.1) is 0 Å².